The Bertz CT molecular complexity index is 1320. The van der Waals surface area contributed by atoms with E-state index in [1.165, 1.54) is 58.2 Å². The maximum absolute atomic E-state index is 13.1. The van der Waals surface area contributed by atoms with E-state index in [1.807, 2.05) is 0 Å². The summed E-state index contributed by atoms with van der Waals surface area (Å²) in [4.78, 5) is 16.9. The van der Waals surface area contributed by atoms with Gasteiger partial charge in [0.05, 0.1) is 11.9 Å². The Hall–Kier alpha value is -3.53. The Morgan fingerprint density at radius 1 is 1.03 bits per heavy atom. The first-order valence-electron chi connectivity index (χ1n) is 8.59. The molecule has 2 heterocycles. The Balaban J connectivity index is 1.57. The highest BCUT2D eigenvalue weighted by Gasteiger charge is 2.16. The van der Waals surface area contributed by atoms with Crippen LogP contribution in [0, 0.1) is 5.82 Å². The summed E-state index contributed by atoms with van der Waals surface area (Å²) in [6, 6.07) is 13.7. The third kappa shape index (κ3) is 4.02. The van der Waals surface area contributed by atoms with Crippen LogP contribution in [0.5, 0.6) is 5.75 Å². The second-order valence-corrected chi connectivity index (χ2v) is 7.86. The molecule has 0 saturated heterocycles. The van der Waals surface area contributed by atoms with Crippen molar-refractivity contribution in [3.63, 3.8) is 0 Å². The Labute approximate surface area is 164 Å². The zero-order valence-electron chi connectivity index (χ0n) is 15.0. The molecule has 0 aliphatic carbocycles. The molecule has 2 aromatic carbocycles. The monoisotopic (exact) mass is 414 g/mol. The summed E-state index contributed by atoms with van der Waals surface area (Å²) in [7, 11) is -3.89. The smallest absolute Gasteiger partial charge is 0.310 e. The van der Waals surface area contributed by atoms with E-state index in [0.29, 0.717) is 11.3 Å². The fourth-order valence-corrected chi connectivity index (χ4v) is 3.66. The fourth-order valence-electron chi connectivity index (χ4n) is 2.75. The van der Waals surface area contributed by atoms with Gasteiger partial charge >= 0.3 is 10.1 Å². The summed E-state index contributed by atoms with van der Waals surface area (Å²) in [5, 5.41) is 4.36. The molecule has 0 spiro atoms. The standard InChI is InChI=1S/C19H15FN4O4S/c20-14-6-8-15(9-7-14)24-18-17(12-22-24)19(25)23(13-21-18)10-11-29(26,27)28-16-4-2-1-3-5-16/h1-9,12-13H,10-11H2. The summed E-state index contributed by atoms with van der Waals surface area (Å²) in [5.41, 5.74) is 0.407. The average molecular weight is 414 g/mol. The van der Waals surface area contributed by atoms with Crippen LogP contribution in [-0.4, -0.2) is 33.5 Å². The zero-order chi connectivity index (χ0) is 20.4. The number of nitrogens with zero attached hydrogens (tertiary/aromatic N) is 4. The predicted octanol–water partition coefficient (Wildman–Crippen LogP) is 2.13. The van der Waals surface area contributed by atoms with Crippen molar-refractivity contribution < 1.29 is 17.0 Å². The van der Waals surface area contributed by atoms with Crippen molar-refractivity contribution >= 4 is 21.2 Å². The highest BCUT2D eigenvalue weighted by atomic mass is 32.2. The zero-order valence-corrected chi connectivity index (χ0v) is 15.8. The molecule has 0 aliphatic rings. The lowest BCUT2D eigenvalue weighted by atomic mass is 10.3. The fraction of sp³-hybridized carbons (Fsp3) is 0.105. The molecule has 0 radical (unpaired) electrons. The first-order valence-corrected chi connectivity index (χ1v) is 10.2. The summed E-state index contributed by atoms with van der Waals surface area (Å²) < 4.78 is 45.0. The van der Waals surface area contributed by atoms with Gasteiger partial charge in [0.15, 0.2) is 5.65 Å². The molecular formula is C19H15FN4O4S. The van der Waals surface area contributed by atoms with Gasteiger partial charge in [-0.2, -0.15) is 13.5 Å². The number of hydrogen-bond donors (Lipinski definition) is 0. The minimum absolute atomic E-state index is 0.126. The lowest BCUT2D eigenvalue weighted by Gasteiger charge is -2.08. The van der Waals surface area contributed by atoms with Gasteiger partial charge in [0.2, 0.25) is 0 Å². The van der Waals surface area contributed by atoms with Crippen LogP contribution in [-0.2, 0) is 16.7 Å². The van der Waals surface area contributed by atoms with Gasteiger partial charge in [-0.25, -0.2) is 14.1 Å². The second kappa shape index (κ2) is 7.47. The minimum Gasteiger partial charge on any atom is -0.382 e. The van der Waals surface area contributed by atoms with Crippen molar-refractivity contribution in [3.05, 3.63) is 83.3 Å². The van der Waals surface area contributed by atoms with Crippen LogP contribution in [0.1, 0.15) is 0 Å². The van der Waals surface area contributed by atoms with Crippen molar-refractivity contribution in [2.45, 2.75) is 6.54 Å². The van der Waals surface area contributed by atoms with Crippen molar-refractivity contribution in [3.8, 4) is 11.4 Å². The van der Waals surface area contributed by atoms with Crippen LogP contribution >= 0.6 is 0 Å². The van der Waals surface area contributed by atoms with E-state index in [1.54, 1.807) is 18.2 Å². The Morgan fingerprint density at radius 3 is 2.48 bits per heavy atom. The first kappa shape index (κ1) is 18.8. The number of benzene rings is 2. The van der Waals surface area contributed by atoms with Gasteiger partial charge in [0.25, 0.3) is 5.56 Å². The topological polar surface area (TPSA) is 96.1 Å². The third-order valence-corrected chi connectivity index (χ3v) is 5.30. The molecular weight excluding hydrogens is 399 g/mol. The molecule has 0 fully saturated rings. The Morgan fingerprint density at radius 2 is 1.76 bits per heavy atom. The second-order valence-electron chi connectivity index (χ2n) is 6.17. The molecule has 0 bridgehead atoms. The van der Waals surface area contributed by atoms with Crippen molar-refractivity contribution in [1.29, 1.82) is 0 Å². The molecule has 0 amide bonds. The van der Waals surface area contributed by atoms with Crippen molar-refractivity contribution in [2.75, 3.05) is 5.75 Å². The molecule has 8 nitrogen and oxygen atoms in total. The van der Waals surface area contributed by atoms with Gasteiger partial charge in [-0.3, -0.25) is 9.36 Å². The molecule has 4 rings (SSSR count). The Kier molecular flexibility index (Phi) is 4.85. The summed E-state index contributed by atoms with van der Waals surface area (Å²) in [6.45, 7) is -0.126. The van der Waals surface area contributed by atoms with Gasteiger partial charge in [-0.15, -0.1) is 0 Å². The number of hydrogen-bond acceptors (Lipinski definition) is 6. The van der Waals surface area contributed by atoms with E-state index >= 15 is 0 Å². The van der Waals surface area contributed by atoms with Gasteiger partial charge in [0, 0.05) is 6.54 Å². The molecule has 29 heavy (non-hydrogen) atoms. The van der Waals surface area contributed by atoms with E-state index in [-0.39, 0.29) is 23.5 Å². The SMILES string of the molecule is O=c1c2cnn(-c3ccc(F)cc3)c2ncn1CCS(=O)(=O)Oc1ccccc1. The van der Waals surface area contributed by atoms with Gasteiger partial charge in [-0.1, -0.05) is 18.2 Å². The average Bonchev–Trinajstić information content (AvgIpc) is 3.13. The quantitative estimate of drug-likeness (QED) is 0.449. The number of halogens is 1. The molecule has 2 aromatic heterocycles. The lowest BCUT2D eigenvalue weighted by molar-refractivity contribution is 0.480. The summed E-state index contributed by atoms with van der Waals surface area (Å²) >= 11 is 0. The molecule has 10 heteroatoms. The number of aromatic nitrogens is 4. The number of rotatable bonds is 6. The van der Waals surface area contributed by atoms with Crippen LogP contribution in [0.4, 0.5) is 4.39 Å². The third-order valence-electron chi connectivity index (χ3n) is 4.17. The lowest BCUT2D eigenvalue weighted by Crippen LogP contribution is -2.26. The van der Waals surface area contributed by atoms with E-state index in [9.17, 15) is 17.6 Å². The first-order chi connectivity index (χ1) is 13.9. The number of fused-ring (bicyclic) bond motifs is 1. The predicted molar refractivity (Wildman–Crippen MR) is 104 cm³/mol. The maximum Gasteiger partial charge on any atom is 0.310 e. The largest absolute Gasteiger partial charge is 0.382 e. The highest BCUT2D eigenvalue weighted by Crippen LogP contribution is 2.15. The van der Waals surface area contributed by atoms with Gasteiger partial charge < -0.3 is 4.18 Å². The van der Waals surface area contributed by atoms with E-state index in [4.69, 9.17) is 4.18 Å². The molecule has 0 saturated carbocycles. The molecule has 148 valence electrons. The van der Waals surface area contributed by atoms with Crippen LogP contribution < -0.4 is 9.74 Å². The van der Waals surface area contributed by atoms with Crippen LogP contribution in [0.25, 0.3) is 16.7 Å². The van der Waals surface area contributed by atoms with E-state index in [2.05, 4.69) is 10.1 Å². The van der Waals surface area contributed by atoms with Gasteiger partial charge in [0.1, 0.15) is 29.0 Å². The molecule has 0 N–H and O–H groups in total. The normalized spacial score (nSPS) is 11.6. The molecule has 0 aliphatic heterocycles. The van der Waals surface area contributed by atoms with Crippen LogP contribution in [0.3, 0.4) is 0 Å². The molecule has 0 unspecified atom stereocenters. The van der Waals surface area contributed by atoms with Crippen molar-refractivity contribution in [1.82, 2.24) is 19.3 Å². The summed E-state index contributed by atoms with van der Waals surface area (Å²) in [6.07, 6.45) is 2.60. The maximum atomic E-state index is 13.1. The van der Waals surface area contributed by atoms with E-state index < -0.39 is 21.4 Å². The highest BCUT2D eigenvalue weighted by molar-refractivity contribution is 7.87. The molecule has 0 atom stereocenters. The number of aryl methyl sites for hydroxylation is 1. The van der Waals surface area contributed by atoms with Crippen LogP contribution in [0.2, 0.25) is 0 Å². The van der Waals surface area contributed by atoms with Gasteiger partial charge in [-0.05, 0) is 36.4 Å². The van der Waals surface area contributed by atoms with Crippen LogP contribution in [0.15, 0.2) is 71.9 Å². The molecule has 4 aromatic rings. The minimum atomic E-state index is -3.89. The van der Waals surface area contributed by atoms with E-state index in [0.717, 1.165) is 0 Å². The summed E-state index contributed by atoms with van der Waals surface area (Å²) in [5.74, 6) is -0.588. The number of para-hydroxylation sites is 1. The van der Waals surface area contributed by atoms with Crippen molar-refractivity contribution in [2.24, 2.45) is 0 Å².